The summed E-state index contributed by atoms with van der Waals surface area (Å²) >= 11 is 6.26. The van der Waals surface area contributed by atoms with Gasteiger partial charge < -0.3 is 24.4 Å². The van der Waals surface area contributed by atoms with Crippen LogP contribution in [-0.2, 0) is 14.3 Å². The van der Waals surface area contributed by atoms with Gasteiger partial charge in [-0.25, -0.2) is 9.97 Å². The second kappa shape index (κ2) is 9.37. The highest BCUT2D eigenvalue weighted by atomic mass is 35.5. The number of nitrogens with zero attached hydrogens (tertiary/aromatic N) is 4. The molecule has 2 aliphatic heterocycles. The average molecular weight is 484 g/mol. The predicted octanol–water partition coefficient (Wildman–Crippen LogP) is 3.17. The maximum absolute atomic E-state index is 12.7. The molecule has 2 atom stereocenters. The molecule has 178 valence electrons. The zero-order valence-electron chi connectivity index (χ0n) is 18.9. The predicted molar refractivity (Wildman–Crippen MR) is 124 cm³/mol. The fraction of sp³-hybridized carbons (Fsp3) is 0.500. The van der Waals surface area contributed by atoms with Crippen LogP contribution < -0.4 is 10.1 Å². The Balaban J connectivity index is 1.23. The van der Waals surface area contributed by atoms with E-state index in [9.17, 15) is 4.79 Å². The van der Waals surface area contributed by atoms with Crippen LogP contribution in [-0.4, -0.2) is 65.4 Å². The number of likely N-dealkylation sites (tertiary alicyclic amines) is 1. The normalized spacial score (nSPS) is 24.7. The number of amides is 1. The number of benzene rings is 1. The number of rotatable bonds is 7. The number of anilines is 2. The Morgan fingerprint density at radius 3 is 2.74 bits per heavy atom. The molecule has 3 fully saturated rings. The molecule has 1 amide bonds. The fourth-order valence-corrected chi connectivity index (χ4v) is 4.61. The molecule has 1 saturated carbocycles. The first-order valence-electron chi connectivity index (χ1n) is 11.4. The van der Waals surface area contributed by atoms with Crippen molar-refractivity contribution in [3.8, 4) is 11.9 Å². The lowest BCUT2D eigenvalue weighted by molar-refractivity contribution is -0.155. The highest BCUT2D eigenvalue weighted by Crippen LogP contribution is 2.39. The van der Waals surface area contributed by atoms with Crippen molar-refractivity contribution in [3.05, 3.63) is 41.2 Å². The Bertz CT molecular complexity index is 1100. The second-order valence-electron chi connectivity index (χ2n) is 9.35. The van der Waals surface area contributed by atoms with E-state index in [1.807, 2.05) is 11.8 Å². The summed E-state index contributed by atoms with van der Waals surface area (Å²) in [5, 5.41) is 12.6. The first-order chi connectivity index (χ1) is 16.4. The minimum absolute atomic E-state index is 0.0243. The van der Waals surface area contributed by atoms with Crippen LogP contribution in [0.5, 0.6) is 5.88 Å². The van der Waals surface area contributed by atoms with Gasteiger partial charge in [-0.15, -0.1) is 0 Å². The number of aromatic nitrogens is 2. The SMILES string of the molecule is CC1(OCC(=O)N2CC3COCC(C2)C3Oc2cc(Nc3ccc(C#N)cc3Cl)ncn2)CC1. The van der Waals surface area contributed by atoms with Crippen molar-refractivity contribution >= 4 is 29.0 Å². The third-order valence-corrected chi connectivity index (χ3v) is 6.93. The van der Waals surface area contributed by atoms with Crippen LogP contribution >= 0.6 is 11.6 Å². The first kappa shape index (κ1) is 22.8. The molecule has 0 radical (unpaired) electrons. The molecule has 9 nitrogen and oxygen atoms in total. The highest BCUT2D eigenvalue weighted by Gasteiger charge is 2.44. The van der Waals surface area contributed by atoms with Crippen LogP contribution in [0, 0.1) is 23.2 Å². The molecule has 1 N–H and O–H groups in total. The van der Waals surface area contributed by atoms with E-state index in [0.29, 0.717) is 54.3 Å². The van der Waals surface area contributed by atoms with Crippen molar-refractivity contribution in [2.45, 2.75) is 31.5 Å². The summed E-state index contributed by atoms with van der Waals surface area (Å²) < 4.78 is 17.8. The first-order valence-corrected chi connectivity index (χ1v) is 11.8. The summed E-state index contributed by atoms with van der Waals surface area (Å²) in [5.74, 6) is 1.08. The van der Waals surface area contributed by atoms with Gasteiger partial charge in [-0.1, -0.05) is 11.6 Å². The largest absolute Gasteiger partial charge is 0.473 e. The van der Waals surface area contributed by atoms with Gasteiger partial charge in [0.2, 0.25) is 11.8 Å². The summed E-state index contributed by atoms with van der Waals surface area (Å²) in [7, 11) is 0. The molecule has 34 heavy (non-hydrogen) atoms. The number of hydrogen-bond donors (Lipinski definition) is 1. The number of hydrogen-bond acceptors (Lipinski definition) is 8. The lowest BCUT2D eigenvalue weighted by Gasteiger charge is -2.46. The van der Waals surface area contributed by atoms with Crippen LogP contribution in [0.15, 0.2) is 30.6 Å². The minimum Gasteiger partial charge on any atom is -0.473 e. The van der Waals surface area contributed by atoms with Crippen LogP contribution in [0.1, 0.15) is 25.3 Å². The molecule has 2 saturated heterocycles. The van der Waals surface area contributed by atoms with Crippen molar-refractivity contribution in [1.82, 2.24) is 14.9 Å². The Morgan fingerprint density at radius 1 is 1.29 bits per heavy atom. The highest BCUT2D eigenvalue weighted by molar-refractivity contribution is 6.33. The number of carbonyl (C=O) groups is 1. The quantitative estimate of drug-likeness (QED) is 0.639. The monoisotopic (exact) mass is 483 g/mol. The smallest absolute Gasteiger partial charge is 0.248 e. The number of fused-ring (bicyclic) bond motifs is 2. The maximum atomic E-state index is 12.7. The van der Waals surface area contributed by atoms with Gasteiger partial charge in [0, 0.05) is 31.0 Å². The molecule has 2 bridgehead atoms. The number of carbonyl (C=O) groups excluding carboxylic acids is 1. The van der Waals surface area contributed by atoms with Gasteiger partial charge in [-0.3, -0.25) is 4.79 Å². The topological polar surface area (TPSA) is 110 Å². The molecule has 10 heteroatoms. The Morgan fingerprint density at radius 2 is 2.06 bits per heavy atom. The molecule has 1 aromatic carbocycles. The van der Waals surface area contributed by atoms with E-state index < -0.39 is 0 Å². The van der Waals surface area contributed by atoms with Gasteiger partial charge in [-0.05, 0) is 38.0 Å². The Labute approximate surface area is 203 Å². The van der Waals surface area contributed by atoms with Gasteiger partial charge in [0.25, 0.3) is 0 Å². The van der Waals surface area contributed by atoms with Crippen LogP contribution in [0.4, 0.5) is 11.5 Å². The summed E-state index contributed by atoms with van der Waals surface area (Å²) in [6, 6.07) is 8.77. The van der Waals surface area contributed by atoms with Crippen molar-refractivity contribution in [2.24, 2.45) is 11.8 Å². The number of halogens is 1. The number of nitriles is 1. The van der Waals surface area contributed by atoms with E-state index in [1.54, 1.807) is 24.3 Å². The lowest BCUT2D eigenvalue weighted by Crippen LogP contribution is -2.59. The summed E-state index contributed by atoms with van der Waals surface area (Å²) in [6.07, 6.45) is 3.35. The van der Waals surface area contributed by atoms with E-state index >= 15 is 0 Å². The fourth-order valence-electron chi connectivity index (χ4n) is 4.38. The molecule has 1 aliphatic carbocycles. The van der Waals surface area contributed by atoms with Gasteiger partial charge >= 0.3 is 0 Å². The number of ether oxygens (including phenoxy) is 3. The van der Waals surface area contributed by atoms with Crippen LogP contribution in [0.2, 0.25) is 5.02 Å². The number of piperidine rings is 1. The lowest BCUT2D eigenvalue weighted by atomic mass is 9.84. The molecule has 3 heterocycles. The molecular weight excluding hydrogens is 458 g/mol. The average Bonchev–Trinajstić information content (AvgIpc) is 3.56. The summed E-state index contributed by atoms with van der Waals surface area (Å²) in [4.78, 5) is 23.1. The van der Waals surface area contributed by atoms with Crippen LogP contribution in [0.25, 0.3) is 0 Å². The van der Waals surface area contributed by atoms with Gasteiger partial charge in [0.1, 0.15) is 24.9 Å². The van der Waals surface area contributed by atoms with Gasteiger partial charge in [0.15, 0.2) is 0 Å². The molecule has 2 unspecified atom stereocenters. The zero-order chi connectivity index (χ0) is 23.7. The van der Waals surface area contributed by atoms with Crippen molar-refractivity contribution < 1.29 is 19.0 Å². The van der Waals surface area contributed by atoms with Gasteiger partial charge in [0.05, 0.1) is 41.2 Å². The Kier molecular flexibility index (Phi) is 6.30. The minimum atomic E-state index is -0.114. The summed E-state index contributed by atoms with van der Waals surface area (Å²) in [5.41, 5.74) is 0.996. The maximum Gasteiger partial charge on any atom is 0.248 e. The number of nitrogens with one attached hydrogen (secondary N) is 1. The van der Waals surface area contributed by atoms with Crippen LogP contribution in [0.3, 0.4) is 0 Å². The third-order valence-electron chi connectivity index (χ3n) is 6.61. The molecular formula is C24H26ClN5O4. The molecule has 1 aromatic heterocycles. The van der Waals surface area contributed by atoms with E-state index in [0.717, 1.165) is 12.8 Å². The Hall–Kier alpha value is -2.93. The van der Waals surface area contributed by atoms with Gasteiger partial charge in [-0.2, -0.15) is 5.26 Å². The van der Waals surface area contributed by atoms with Crippen molar-refractivity contribution in [1.29, 1.82) is 5.26 Å². The van der Waals surface area contributed by atoms with Crippen molar-refractivity contribution in [2.75, 3.05) is 38.2 Å². The van der Waals surface area contributed by atoms with E-state index in [2.05, 4.69) is 21.4 Å². The molecule has 0 spiro atoms. The molecule has 5 rings (SSSR count). The van der Waals surface area contributed by atoms with Crippen molar-refractivity contribution in [3.63, 3.8) is 0 Å². The van der Waals surface area contributed by atoms with E-state index in [-0.39, 0.29) is 36.1 Å². The van der Waals surface area contributed by atoms with E-state index in [1.165, 1.54) is 6.33 Å². The second-order valence-corrected chi connectivity index (χ2v) is 9.76. The third kappa shape index (κ3) is 5.09. The van der Waals surface area contributed by atoms with E-state index in [4.69, 9.17) is 31.1 Å². The standard InChI is InChI=1S/C24H26ClN5O4/c1-24(4-5-24)33-13-22(31)30-9-16-11-32-12-17(10-30)23(16)34-21-7-20(27-14-28-21)29-19-3-2-15(8-26)6-18(19)25/h2-3,6-7,14,16-17,23H,4-5,9-13H2,1H3,(H,27,28,29). The zero-order valence-corrected chi connectivity index (χ0v) is 19.6. The molecule has 3 aliphatic rings. The summed E-state index contributed by atoms with van der Waals surface area (Å²) in [6.45, 7) is 4.36. The molecule has 2 aromatic rings.